The van der Waals surface area contributed by atoms with E-state index in [2.05, 4.69) is 0 Å². The lowest BCUT2D eigenvalue weighted by Crippen LogP contribution is -2.38. The van der Waals surface area contributed by atoms with Crippen molar-refractivity contribution in [1.82, 2.24) is 4.90 Å². The first-order valence-corrected chi connectivity index (χ1v) is 10.8. The van der Waals surface area contributed by atoms with Crippen LogP contribution >= 0.6 is 0 Å². The van der Waals surface area contributed by atoms with Crippen molar-refractivity contribution in [3.8, 4) is 5.75 Å². The normalized spacial score (nSPS) is 25.2. The van der Waals surface area contributed by atoms with Gasteiger partial charge in [-0.2, -0.15) is 0 Å². The average molecular weight is 421 g/mol. The average Bonchev–Trinajstić information content (AvgIpc) is 3.46. The highest BCUT2D eigenvalue weighted by Gasteiger charge is 2.50. The number of amides is 1. The monoisotopic (exact) mass is 421 g/mol. The Balaban J connectivity index is 1.66. The van der Waals surface area contributed by atoms with Crippen molar-refractivity contribution in [2.45, 2.75) is 57.2 Å². The Morgan fingerprint density at radius 2 is 1.87 bits per heavy atom. The van der Waals surface area contributed by atoms with Crippen LogP contribution in [0, 0.1) is 5.82 Å². The number of Topliss-reactive ketones (excluding diaryl/α,β-unsaturated/α-hetero) is 1. The summed E-state index contributed by atoms with van der Waals surface area (Å²) >= 11 is 0. The van der Waals surface area contributed by atoms with Crippen molar-refractivity contribution in [2.24, 2.45) is 0 Å². The van der Waals surface area contributed by atoms with Gasteiger partial charge in [0, 0.05) is 23.6 Å². The van der Waals surface area contributed by atoms with Crippen LogP contribution in [-0.4, -0.2) is 33.8 Å². The molecule has 2 unspecified atom stereocenters. The van der Waals surface area contributed by atoms with Gasteiger partial charge in [0.15, 0.2) is 0 Å². The zero-order valence-electron chi connectivity index (χ0n) is 17.3. The zero-order chi connectivity index (χ0) is 21.7. The van der Waals surface area contributed by atoms with Crippen molar-refractivity contribution in [2.75, 3.05) is 0 Å². The largest absolute Gasteiger partial charge is 0.507 e. The number of hydrogen-bond donors (Lipinski definition) is 1. The Hall–Kier alpha value is -3.15. The number of carbonyl (C=O) groups is 2. The van der Waals surface area contributed by atoms with Gasteiger partial charge in [-0.25, -0.2) is 4.39 Å². The number of hydrogen-bond acceptors (Lipinski definition) is 4. The minimum atomic E-state index is -0.937. The van der Waals surface area contributed by atoms with Gasteiger partial charge in [-0.1, -0.05) is 31.0 Å². The van der Waals surface area contributed by atoms with E-state index >= 15 is 0 Å². The number of benzene rings is 2. The van der Waals surface area contributed by atoms with Gasteiger partial charge in [0.25, 0.3) is 11.7 Å². The lowest BCUT2D eigenvalue weighted by Gasteiger charge is -2.31. The van der Waals surface area contributed by atoms with Gasteiger partial charge in [0.05, 0.1) is 11.6 Å². The lowest BCUT2D eigenvalue weighted by atomic mass is 9.93. The molecule has 0 radical (unpaired) electrons. The van der Waals surface area contributed by atoms with E-state index in [1.165, 1.54) is 11.0 Å². The van der Waals surface area contributed by atoms with Gasteiger partial charge in [-0.15, -0.1) is 0 Å². The number of nitrogens with zero attached hydrogens (tertiary/aromatic N) is 1. The summed E-state index contributed by atoms with van der Waals surface area (Å²) < 4.78 is 20.6. The van der Waals surface area contributed by atoms with Crippen LogP contribution in [0.5, 0.6) is 5.75 Å². The summed E-state index contributed by atoms with van der Waals surface area (Å²) in [6.07, 6.45) is 4.20. The third-order valence-electron chi connectivity index (χ3n) is 6.57. The molecule has 2 atom stereocenters. The molecule has 1 saturated carbocycles. The highest BCUT2D eigenvalue weighted by Crippen LogP contribution is 2.44. The number of carbonyl (C=O) groups excluding carboxylic acids is 2. The summed E-state index contributed by atoms with van der Waals surface area (Å²) in [5.74, 6) is -1.45. The molecule has 0 spiro atoms. The molecule has 5 rings (SSSR count). The molecular formula is C25H24FNO4. The van der Waals surface area contributed by atoms with E-state index in [-0.39, 0.29) is 29.0 Å². The van der Waals surface area contributed by atoms with E-state index in [0.717, 1.165) is 37.0 Å². The second-order valence-electron chi connectivity index (χ2n) is 8.62. The zero-order valence-corrected chi connectivity index (χ0v) is 17.3. The fraction of sp³-hybridized carbons (Fsp3) is 0.360. The van der Waals surface area contributed by atoms with E-state index < -0.39 is 23.5 Å². The van der Waals surface area contributed by atoms with Crippen LogP contribution in [0.1, 0.15) is 55.3 Å². The van der Waals surface area contributed by atoms with Crippen LogP contribution in [-0.2, 0) is 16.0 Å². The number of likely N-dealkylation sites (tertiary alicyclic amines) is 1. The summed E-state index contributed by atoms with van der Waals surface area (Å²) in [7, 11) is 0. The molecule has 2 heterocycles. The third-order valence-corrected chi connectivity index (χ3v) is 6.57. The Labute approximate surface area is 180 Å². The quantitative estimate of drug-likeness (QED) is 0.450. The predicted octanol–water partition coefficient (Wildman–Crippen LogP) is 4.51. The summed E-state index contributed by atoms with van der Waals surface area (Å²) in [6.45, 7) is 1.96. The van der Waals surface area contributed by atoms with Crippen LogP contribution < -0.4 is 4.74 Å². The molecule has 2 aromatic rings. The summed E-state index contributed by atoms with van der Waals surface area (Å²) in [6, 6.07) is 10.3. The first-order valence-electron chi connectivity index (χ1n) is 10.8. The van der Waals surface area contributed by atoms with Crippen LogP contribution in [0.2, 0.25) is 0 Å². The van der Waals surface area contributed by atoms with Gasteiger partial charge in [-0.3, -0.25) is 9.59 Å². The minimum Gasteiger partial charge on any atom is -0.507 e. The van der Waals surface area contributed by atoms with E-state index in [1.54, 1.807) is 36.4 Å². The Morgan fingerprint density at radius 1 is 1.13 bits per heavy atom. The lowest BCUT2D eigenvalue weighted by molar-refractivity contribution is -0.141. The summed E-state index contributed by atoms with van der Waals surface area (Å²) in [4.78, 5) is 27.7. The first kappa shape index (κ1) is 19.8. The topological polar surface area (TPSA) is 66.8 Å². The molecule has 31 heavy (non-hydrogen) atoms. The van der Waals surface area contributed by atoms with Crippen molar-refractivity contribution in [3.05, 3.63) is 70.5 Å². The highest BCUT2D eigenvalue weighted by atomic mass is 19.1. The van der Waals surface area contributed by atoms with E-state index in [0.29, 0.717) is 12.0 Å². The first-order chi connectivity index (χ1) is 15.0. The fourth-order valence-corrected chi connectivity index (χ4v) is 5.14. The van der Waals surface area contributed by atoms with Gasteiger partial charge in [0.1, 0.15) is 23.4 Å². The molecule has 0 bridgehead atoms. The second kappa shape index (κ2) is 7.52. The van der Waals surface area contributed by atoms with Crippen molar-refractivity contribution < 1.29 is 23.8 Å². The number of halogens is 1. The van der Waals surface area contributed by atoms with Crippen molar-refractivity contribution >= 4 is 17.4 Å². The summed E-state index contributed by atoms with van der Waals surface area (Å²) in [5, 5.41) is 11.2. The third kappa shape index (κ3) is 3.21. The van der Waals surface area contributed by atoms with Gasteiger partial charge >= 0.3 is 0 Å². The Kier molecular flexibility index (Phi) is 4.80. The van der Waals surface area contributed by atoms with Gasteiger partial charge in [-0.05, 0) is 49.6 Å². The molecule has 0 aromatic heterocycles. The number of ketones is 1. The van der Waals surface area contributed by atoms with Crippen LogP contribution in [0.15, 0.2) is 48.0 Å². The van der Waals surface area contributed by atoms with Crippen LogP contribution in [0.4, 0.5) is 4.39 Å². The fourth-order valence-electron chi connectivity index (χ4n) is 5.14. The van der Waals surface area contributed by atoms with Crippen LogP contribution in [0.25, 0.3) is 5.76 Å². The molecule has 2 aromatic carbocycles. The number of aliphatic hydroxyl groups excluding tert-OH is 1. The molecule has 1 amide bonds. The number of aliphatic hydroxyl groups is 1. The highest BCUT2D eigenvalue weighted by molar-refractivity contribution is 6.46. The molecule has 1 N–H and O–H groups in total. The van der Waals surface area contributed by atoms with Gasteiger partial charge in [0.2, 0.25) is 0 Å². The SMILES string of the molecule is CC1Cc2cc(/C(O)=C3\C(=O)C(=O)N(C4CCCC4)C3c3ccccc3F)ccc2O1. The molecule has 1 aliphatic carbocycles. The number of ether oxygens (including phenoxy) is 1. The molecule has 2 aliphatic heterocycles. The molecule has 6 heteroatoms. The van der Waals surface area contributed by atoms with Crippen LogP contribution in [0.3, 0.4) is 0 Å². The molecule has 160 valence electrons. The molecule has 3 aliphatic rings. The van der Waals surface area contributed by atoms with Crippen molar-refractivity contribution in [1.29, 1.82) is 0 Å². The molecule has 5 nitrogen and oxygen atoms in total. The minimum absolute atomic E-state index is 0.0405. The summed E-state index contributed by atoms with van der Waals surface area (Å²) in [5.41, 5.74) is 1.55. The maximum atomic E-state index is 14.8. The van der Waals surface area contributed by atoms with Crippen molar-refractivity contribution in [3.63, 3.8) is 0 Å². The standard InChI is InChI=1S/C25H24FNO4/c1-14-12-16-13-15(10-11-20(16)31-14)23(28)21-22(18-8-4-5-9-19(18)26)27(25(30)24(21)29)17-6-2-3-7-17/h4-5,8-11,13-14,17,22,28H,2-3,6-7,12H2,1H3/b23-21+. The van der Waals surface area contributed by atoms with E-state index in [9.17, 15) is 19.1 Å². The Bertz CT molecular complexity index is 1100. The maximum Gasteiger partial charge on any atom is 0.295 e. The predicted molar refractivity (Wildman–Crippen MR) is 113 cm³/mol. The smallest absolute Gasteiger partial charge is 0.295 e. The molecule has 1 saturated heterocycles. The number of fused-ring (bicyclic) bond motifs is 1. The second-order valence-corrected chi connectivity index (χ2v) is 8.62. The van der Waals surface area contributed by atoms with E-state index in [4.69, 9.17) is 4.74 Å². The molecular weight excluding hydrogens is 397 g/mol. The van der Waals surface area contributed by atoms with E-state index in [1.807, 2.05) is 6.92 Å². The molecule has 2 fully saturated rings. The Morgan fingerprint density at radius 3 is 2.61 bits per heavy atom. The number of rotatable bonds is 3. The maximum absolute atomic E-state index is 14.8. The van der Waals surface area contributed by atoms with Gasteiger partial charge < -0.3 is 14.7 Å².